The van der Waals surface area contributed by atoms with E-state index in [1.165, 1.54) is 30.3 Å². The second-order valence-corrected chi connectivity index (χ2v) is 5.07. The van der Waals surface area contributed by atoms with Crippen molar-refractivity contribution in [2.45, 2.75) is 25.7 Å². The summed E-state index contributed by atoms with van der Waals surface area (Å²) in [6, 6.07) is 4.27. The Morgan fingerprint density at radius 3 is 3.12 bits per heavy atom. The number of ether oxygens (including phenoxy) is 1. The highest BCUT2D eigenvalue weighted by Crippen LogP contribution is 2.32. The number of anilines is 1. The number of methoxy groups -OCH3 is 1. The van der Waals surface area contributed by atoms with E-state index < -0.39 is 0 Å². The number of carbonyl (C=O) groups is 1. The lowest BCUT2D eigenvalue weighted by Crippen LogP contribution is -2.13. The molecule has 1 aliphatic heterocycles. The smallest absolute Gasteiger partial charge is 0.305 e. The topological polar surface area (TPSA) is 38.3 Å². The monoisotopic (exact) mass is 297 g/mol. The summed E-state index contributed by atoms with van der Waals surface area (Å²) in [4.78, 5) is 11.1. The summed E-state index contributed by atoms with van der Waals surface area (Å²) in [5, 5.41) is 3.40. The van der Waals surface area contributed by atoms with Gasteiger partial charge in [-0.15, -0.1) is 0 Å². The van der Waals surface area contributed by atoms with Crippen LogP contribution in [0.1, 0.15) is 24.0 Å². The lowest BCUT2D eigenvalue weighted by molar-refractivity contribution is -0.140. The Bertz CT molecular complexity index is 432. The molecule has 0 spiro atoms. The average molecular weight is 298 g/mol. The van der Waals surface area contributed by atoms with Crippen molar-refractivity contribution >= 4 is 27.6 Å². The number of aryl methyl sites for hydroxylation is 2. The highest BCUT2D eigenvalue weighted by atomic mass is 79.9. The summed E-state index contributed by atoms with van der Waals surface area (Å²) in [5.74, 6) is -0.156. The Morgan fingerprint density at radius 1 is 1.53 bits per heavy atom. The first-order chi connectivity index (χ1) is 8.20. The van der Waals surface area contributed by atoms with Gasteiger partial charge in [-0.05, 0) is 52.4 Å². The number of halogens is 1. The molecule has 0 fully saturated rings. The van der Waals surface area contributed by atoms with E-state index in [4.69, 9.17) is 0 Å². The van der Waals surface area contributed by atoms with Crippen LogP contribution < -0.4 is 5.32 Å². The van der Waals surface area contributed by atoms with Crippen molar-refractivity contribution in [3.63, 3.8) is 0 Å². The Labute approximate surface area is 110 Å². The van der Waals surface area contributed by atoms with Crippen LogP contribution in [-0.4, -0.2) is 19.6 Å². The van der Waals surface area contributed by atoms with Crippen LogP contribution in [-0.2, 0) is 22.4 Å². The SMILES string of the molecule is COC(=O)CCc1cc(Br)c2c(c1)CCCN2. The minimum absolute atomic E-state index is 0.156. The molecule has 0 aromatic heterocycles. The number of nitrogens with one attached hydrogen (secondary N) is 1. The highest BCUT2D eigenvalue weighted by molar-refractivity contribution is 9.10. The van der Waals surface area contributed by atoms with Gasteiger partial charge in [0.05, 0.1) is 12.8 Å². The van der Waals surface area contributed by atoms with E-state index in [9.17, 15) is 4.79 Å². The molecule has 4 heteroatoms. The van der Waals surface area contributed by atoms with Crippen LogP contribution in [0.25, 0.3) is 0 Å². The lowest BCUT2D eigenvalue weighted by Gasteiger charge is -2.20. The van der Waals surface area contributed by atoms with Crippen molar-refractivity contribution in [1.29, 1.82) is 0 Å². The van der Waals surface area contributed by atoms with E-state index in [2.05, 4.69) is 38.1 Å². The summed E-state index contributed by atoms with van der Waals surface area (Å²) >= 11 is 3.58. The Kier molecular flexibility index (Phi) is 4.05. The van der Waals surface area contributed by atoms with Gasteiger partial charge in [0.1, 0.15) is 0 Å². The van der Waals surface area contributed by atoms with Gasteiger partial charge in [-0.2, -0.15) is 0 Å². The third kappa shape index (κ3) is 3.00. The fourth-order valence-electron chi connectivity index (χ4n) is 2.11. The van der Waals surface area contributed by atoms with Gasteiger partial charge >= 0.3 is 5.97 Å². The summed E-state index contributed by atoms with van der Waals surface area (Å²) in [5.41, 5.74) is 3.73. The number of hydrogen-bond acceptors (Lipinski definition) is 3. The van der Waals surface area contributed by atoms with Gasteiger partial charge in [0.25, 0.3) is 0 Å². The van der Waals surface area contributed by atoms with Crippen LogP contribution in [0.5, 0.6) is 0 Å². The molecule has 92 valence electrons. The fourth-order valence-corrected chi connectivity index (χ4v) is 2.79. The minimum atomic E-state index is -0.156. The van der Waals surface area contributed by atoms with Crippen LogP contribution in [0.4, 0.5) is 5.69 Å². The highest BCUT2D eigenvalue weighted by Gasteiger charge is 2.13. The summed E-state index contributed by atoms with van der Waals surface area (Å²) in [6.45, 7) is 1.03. The van der Waals surface area contributed by atoms with Gasteiger partial charge < -0.3 is 10.1 Å². The predicted octanol–water partition coefficient (Wildman–Crippen LogP) is 2.91. The Hall–Kier alpha value is -1.03. The van der Waals surface area contributed by atoms with Crippen molar-refractivity contribution in [3.8, 4) is 0 Å². The van der Waals surface area contributed by atoms with Gasteiger partial charge in [-0.25, -0.2) is 0 Å². The van der Waals surface area contributed by atoms with Gasteiger partial charge in [0, 0.05) is 17.4 Å². The molecule has 1 heterocycles. The lowest BCUT2D eigenvalue weighted by atomic mass is 9.99. The summed E-state index contributed by atoms with van der Waals surface area (Å²) < 4.78 is 5.74. The molecule has 2 rings (SSSR count). The first-order valence-electron chi connectivity index (χ1n) is 5.82. The van der Waals surface area contributed by atoms with E-state index >= 15 is 0 Å². The van der Waals surface area contributed by atoms with E-state index in [1.807, 2.05) is 0 Å². The molecule has 1 aliphatic rings. The maximum Gasteiger partial charge on any atom is 0.305 e. The number of esters is 1. The minimum Gasteiger partial charge on any atom is -0.469 e. The molecule has 0 saturated heterocycles. The standard InChI is InChI=1S/C13H16BrNO2/c1-17-12(16)5-4-9-7-10-3-2-6-15-13(10)11(14)8-9/h7-8,15H,2-6H2,1H3. The van der Waals surface area contributed by atoms with Crippen LogP contribution in [0.3, 0.4) is 0 Å². The van der Waals surface area contributed by atoms with Crippen LogP contribution in [0, 0.1) is 0 Å². The predicted molar refractivity (Wildman–Crippen MR) is 71.3 cm³/mol. The first kappa shape index (κ1) is 12.4. The number of hydrogen-bond donors (Lipinski definition) is 1. The van der Waals surface area contributed by atoms with E-state index in [0.717, 1.165) is 23.9 Å². The normalized spacial score (nSPS) is 13.8. The van der Waals surface area contributed by atoms with Crippen molar-refractivity contribution in [1.82, 2.24) is 0 Å². The molecular weight excluding hydrogens is 282 g/mol. The Balaban J connectivity index is 2.13. The quantitative estimate of drug-likeness (QED) is 0.872. The van der Waals surface area contributed by atoms with Crippen molar-refractivity contribution in [2.24, 2.45) is 0 Å². The molecule has 0 unspecified atom stereocenters. The summed E-state index contributed by atoms with van der Waals surface area (Å²) in [7, 11) is 1.43. The van der Waals surface area contributed by atoms with Crippen molar-refractivity contribution in [3.05, 3.63) is 27.7 Å². The number of fused-ring (bicyclic) bond motifs is 1. The molecule has 3 nitrogen and oxygen atoms in total. The van der Waals surface area contributed by atoms with E-state index in [-0.39, 0.29) is 5.97 Å². The molecule has 0 bridgehead atoms. The van der Waals surface area contributed by atoms with Crippen molar-refractivity contribution < 1.29 is 9.53 Å². The molecular formula is C13H16BrNO2. The second-order valence-electron chi connectivity index (χ2n) is 4.22. The zero-order valence-corrected chi connectivity index (χ0v) is 11.5. The Morgan fingerprint density at radius 2 is 2.35 bits per heavy atom. The average Bonchev–Trinajstić information content (AvgIpc) is 2.36. The van der Waals surface area contributed by atoms with Gasteiger partial charge in [-0.3, -0.25) is 4.79 Å². The first-order valence-corrected chi connectivity index (χ1v) is 6.62. The van der Waals surface area contributed by atoms with Crippen LogP contribution in [0.2, 0.25) is 0 Å². The molecule has 0 radical (unpaired) electrons. The number of rotatable bonds is 3. The molecule has 1 aromatic carbocycles. The second kappa shape index (κ2) is 5.54. The molecule has 1 N–H and O–H groups in total. The molecule has 0 amide bonds. The zero-order chi connectivity index (χ0) is 12.3. The third-order valence-electron chi connectivity index (χ3n) is 3.00. The van der Waals surface area contributed by atoms with Crippen LogP contribution >= 0.6 is 15.9 Å². The van der Waals surface area contributed by atoms with E-state index in [1.54, 1.807) is 0 Å². The van der Waals surface area contributed by atoms with Crippen molar-refractivity contribution in [2.75, 3.05) is 19.0 Å². The van der Waals surface area contributed by atoms with Crippen LogP contribution in [0.15, 0.2) is 16.6 Å². The molecule has 1 aromatic rings. The molecule has 0 atom stereocenters. The summed E-state index contributed by atoms with van der Waals surface area (Å²) in [6.07, 6.45) is 3.45. The number of benzene rings is 1. The van der Waals surface area contributed by atoms with Gasteiger partial charge in [0.15, 0.2) is 0 Å². The maximum atomic E-state index is 11.1. The fraction of sp³-hybridized carbons (Fsp3) is 0.462. The van der Waals surface area contributed by atoms with Gasteiger partial charge in [0.2, 0.25) is 0 Å². The number of carbonyl (C=O) groups excluding carboxylic acids is 1. The van der Waals surface area contributed by atoms with Gasteiger partial charge in [-0.1, -0.05) is 6.07 Å². The molecule has 0 saturated carbocycles. The van der Waals surface area contributed by atoms with E-state index in [0.29, 0.717) is 6.42 Å². The maximum absolute atomic E-state index is 11.1. The molecule has 0 aliphatic carbocycles. The third-order valence-corrected chi connectivity index (χ3v) is 3.63. The zero-order valence-electron chi connectivity index (χ0n) is 9.88. The largest absolute Gasteiger partial charge is 0.469 e. The molecule has 17 heavy (non-hydrogen) atoms.